The summed E-state index contributed by atoms with van der Waals surface area (Å²) in [5.41, 5.74) is 4.89. The summed E-state index contributed by atoms with van der Waals surface area (Å²) < 4.78 is 0. The number of nitrogens with zero attached hydrogens (tertiary/aromatic N) is 1. The maximum absolute atomic E-state index is 10.2. The van der Waals surface area contributed by atoms with Crippen LogP contribution in [0.4, 0.5) is 0 Å². The molecular weight excluding hydrogens is 514 g/mol. The van der Waals surface area contributed by atoms with Gasteiger partial charge >= 0.3 is 0 Å². The highest BCUT2D eigenvalue weighted by molar-refractivity contribution is 5.49. The number of allylic oxidation sites excluding steroid dienone is 5. The summed E-state index contributed by atoms with van der Waals surface area (Å²) >= 11 is 0. The number of aliphatic hydroxyl groups is 1. The third-order valence-electron chi connectivity index (χ3n) is 5.87. The number of aldehydes is 1. The van der Waals surface area contributed by atoms with Crippen molar-refractivity contribution in [2.24, 2.45) is 0 Å². The number of aliphatic hydroxyl groups excluding tert-OH is 1. The summed E-state index contributed by atoms with van der Waals surface area (Å²) in [6.07, 6.45) is 12.3. The van der Waals surface area contributed by atoms with Crippen molar-refractivity contribution >= 4 is 6.29 Å². The van der Waals surface area contributed by atoms with Gasteiger partial charge in [-0.3, -0.25) is 4.90 Å². The third kappa shape index (κ3) is 28.3. The molecule has 0 atom stereocenters. The van der Waals surface area contributed by atoms with Gasteiger partial charge in [0.25, 0.3) is 0 Å². The molecule has 3 nitrogen and oxygen atoms in total. The second-order valence-electron chi connectivity index (χ2n) is 10.5. The number of unbranched alkanes of at least 4 members (excludes halogenated alkanes) is 1. The van der Waals surface area contributed by atoms with Crippen molar-refractivity contribution in [2.75, 3.05) is 20.2 Å². The van der Waals surface area contributed by atoms with Crippen LogP contribution in [0.1, 0.15) is 98.6 Å². The molecule has 0 spiro atoms. The van der Waals surface area contributed by atoms with Gasteiger partial charge in [-0.25, -0.2) is 0 Å². The molecule has 0 heterocycles. The first-order valence-electron chi connectivity index (χ1n) is 15.2. The number of benzene rings is 2. The van der Waals surface area contributed by atoms with Crippen LogP contribution in [0.2, 0.25) is 0 Å². The molecule has 0 radical (unpaired) electrons. The van der Waals surface area contributed by atoms with Crippen molar-refractivity contribution < 1.29 is 9.90 Å². The van der Waals surface area contributed by atoms with E-state index >= 15 is 0 Å². The Balaban J connectivity index is -0.000000516. The van der Waals surface area contributed by atoms with Gasteiger partial charge < -0.3 is 9.90 Å². The fourth-order valence-electron chi connectivity index (χ4n) is 3.23. The van der Waals surface area contributed by atoms with Crippen molar-refractivity contribution in [2.45, 2.75) is 100.0 Å². The van der Waals surface area contributed by atoms with E-state index in [9.17, 15) is 4.79 Å². The van der Waals surface area contributed by atoms with Gasteiger partial charge in [0.15, 0.2) is 0 Å². The Labute approximate surface area is 260 Å². The van der Waals surface area contributed by atoms with Gasteiger partial charge in [0.05, 0.1) is 0 Å². The number of hydrogen-bond donors (Lipinski definition) is 1. The summed E-state index contributed by atoms with van der Waals surface area (Å²) in [5, 5.41) is 7.00. The summed E-state index contributed by atoms with van der Waals surface area (Å²) in [5.74, 6) is 6.28. The zero-order valence-corrected chi connectivity index (χ0v) is 28.5. The van der Waals surface area contributed by atoms with Crippen molar-refractivity contribution in [1.29, 1.82) is 0 Å². The lowest BCUT2D eigenvalue weighted by atomic mass is 9.98. The average molecular weight is 576 g/mol. The van der Waals surface area contributed by atoms with Gasteiger partial charge in [-0.05, 0) is 92.4 Å². The molecule has 2 aromatic carbocycles. The summed E-state index contributed by atoms with van der Waals surface area (Å²) in [6.45, 7) is 24.9. The molecule has 0 aliphatic rings. The first-order valence-corrected chi connectivity index (χ1v) is 15.2. The molecule has 0 aromatic heterocycles. The van der Waals surface area contributed by atoms with Crippen molar-refractivity contribution in [3.63, 3.8) is 0 Å². The quantitative estimate of drug-likeness (QED) is 0.101. The summed E-state index contributed by atoms with van der Waals surface area (Å²) in [7, 11) is 1.00. The van der Waals surface area contributed by atoms with E-state index in [1.165, 1.54) is 17.6 Å². The smallest absolute Gasteiger partial charge is 0.120 e. The monoisotopic (exact) mass is 575 g/mol. The summed E-state index contributed by atoms with van der Waals surface area (Å²) in [6, 6.07) is 20.3. The molecule has 2 rings (SSSR count). The molecule has 0 fully saturated rings. The van der Waals surface area contributed by atoms with Crippen LogP contribution < -0.4 is 0 Å². The van der Waals surface area contributed by atoms with E-state index in [1.807, 2.05) is 75.4 Å². The first-order chi connectivity index (χ1) is 20.1. The highest BCUT2D eigenvalue weighted by Crippen LogP contribution is 2.19. The van der Waals surface area contributed by atoms with Gasteiger partial charge in [-0.15, -0.1) is 6.58 Å². The van der Waals surface area contributed by atoms with E-state index in [1.54, 1.807) is 0 Å². The van der Waals surface area contributed by atoms with E-state index in [2.05, 4.69) is 89.1 Å². The van der Waals surface area contributed by atoms with Crippen LogP contribution in [0.25, 0.3) is 0 Å². The number of carbonyl (C=O) groups excluding carboxylic acids is 1. The molecular formula is C39H61NO2. The minimum Gasteiger partial charge on any atom is -0.400 e. The van der Waals surface area contributed by atoms with Gasteiger partial charge in [0.2, 0.25) is 0 Å². The van der Waals surface area contributed by atoms with Crippen LogP contribution in [0.15, 0.2) is 96.6 Å². The Hall–Kier alpha value is -3.19. The lowest BCUT2D eigenvalue weighted by molar-refractivity contribution is -0.108. The molecule has 0 unspecified atom stereocenters. The molecule has 0 saturated carbocycles. The molecule has 1 N–H and O–H groups in total. The Morgan fingerprint density at radius 3 is 1.86 bits per heavy atom. The van der Waals surface area contributed by atoms with Crippen LogP contribution >= 0.6 is 0 Å². The van der Waals surface area contributed by atoms with E-state index in [-0.39, 0.29) is 5.54 Å². The highest BCUT2D eigenvalue weighted by Gasteiger charge is 2.22. The normalized spacial score (nSPS) is 10.2. The maximum Gasteiger partial charge on any atom is 0.120 e. The predicted octanol–water partition coefficient (Wildman–Crippen LogP) is 10.0. The van der Waals surface area contributed by atoms with Crippen LogP contribution in [0.3, 0.4) is 0 Å². The van der Waals surface area contributed by atoms with E-state index in [0.717, 1.165) is 56.9 Å². The van der Waals surface area contributed by atoms with E-state index in [0.29, 0.717) is 6.42 Å². The van der Waals surface area contributed by atoms with E-state index in [4.69, 9.17) is 5.11 Å². The molecule has 3 heteroatoms. The van der Waals surface area contributed by atoms with Crippen LogP contribution in [-0.2, 0) is 4.79 Å². The molecule has 234 valence electrons. The Bertz CT molecular complexity index is 1000. The zero-order chi connectivity index (χ0) is 32.7. The van der Waals surface area contributed by atoms with Crippen LogP contribution in [-0.4, -0.2) is 42.0 Å². The van der Waals surface area contributed by atoms with Gasteiger partial charge in [0, 0.05) is 30.2 Å². The first kappa shape index (κ1) is 43.3. The molecule has 0 amide bonds. The Morgan fingerprint density at radius 2 is 1.48 bits per heavy atom. The number of aryl methyl sites for hydroxylation is 1. The standard InChI is InChI=1S/C15H16.C12H25NO.C7H8.C4H8.CH4O/c1-3-5-9-14(4-2)12-13-15-10-7-6-8-11-15;1-5-9-13(10-7-8-11-14)12(3,4)6-2;1-7-5-3-2-4-6-7;1-4(2)3;1-2/h4-11H,3H2,1-2H3;11H,5-10H2,1-4H3;2-6H,1H3;1H2,2-3H3;2H,1H3/b9-5-,14-4+;;;;. The molecule has 2 aromatic rings. The van der Waals surface area contributed by atoms with E-state index < -0.39 is 0 Å². The second-order valence-corrected chi connectivity index (χ2v) is 10.5. The third-order valence-corrected chi connectivity index (χ3v) is 5.87. The largest absolute Gasteiger partial charge is 0.400 e. The highest BCUT2D eigenvalue weighted by atomic mass is 16.2. The SMILES string of the molecule is C/C=C(C#Cc1ccccc1)\C=C/CC.C=C(C)C.CCCN(CCCC=O)C(C)(C)CC.CO.Cc1ccccc1. The van der Waals surface area contributed by atoms with Crippen molar-refractivity contribution in [3.8, 4) is 11.8 Å². The molecule has 0 bridgehead atoms. The predicted molar refractivity (Wildman–Crippen MR) is 188 cm³/mol. The molecule has 0 aliphatic heterocycles. The van der Waals surface area contributed by atoms with Crippen molar-refractivity contribution in [1.82, 2.24) is 4.90 Å². The van der Waals surface area contributed by atoms with Gasteiger partial charge in [0.1, 0.15) is 6.29 Å². The topological polar surface area (TPSA) is 40.5 Å². The lowest BCUT2D eigenvalue weighted by Crippen LogP contribution is -2.44. The maximum atomic E-state index is 10.2. The zero-order valence-electron chi connectivity index (χ0n) is 28.5. The Morgan fingerprint density at radius 1 is 0.952 bits per heavy atom. The fourth-order valence-corrected chi connectivity index (χ4v) is 3.23. The van der Waals surface area contributed by atoms with Crippen molar-refractivity contribution in [3.05, 3.63) is 108 Å². The molecule has 0 saturated heterocycles. The average Bonchev–Trinajstić information content (AvgIpc) is 2.99. The summed E-state index contributed by atoms with van der Waals surface area (Å²) in [4.78, 5) is 12.7. The lowest BCUT2D eigenvalue weighted by Gasteiger charge is -2.38. The fraction of sp³-hybridized carbons (Fsp3) is 0.462. The van der Waals surface area contributed by atoms with Crippen LogP contribution in [0.5, 0.6) is 0 Å². The molecule has 42 heavy (non-hydrogen) atoms. The van der Waals surface area contributed by atoms with Crippen LogP contribution in [0, 0.1) is 18.8 Å². The minimum absolute atomic E-state index is 0.277. The number of carbonyl (C=O) groups is 1. The Kier molecular flexibility index (Phi) is 31.7. The van der Waals surface area contributed by atoms with Gasteiger partial charge in [-0.1, -0.05) is 111 Å². The molecule has 0 aliphatic carbocycles. The minimum atomic E-state index is 0.277. The van der Waals surface area contributed by atoms with Gasteiger partial charge in [-0.2, -0.15) is 0 Å². The second kappa shape index (κ2) is 30.8. The number of rotatable bonds is 10. The number of hydrogen-bond acceptors (Lipinski definition) is 3.